The molecule has 1 aromatic rings. The summed E-state index contributed by atoms with van der Waals surface area (Å²) in [6, 6.07) is 1.54. The average Bonchev–Trinajstić information content (AvgIpc) is 3.07. The standard InChI is InChI=1S/C18H29F3N2O5S/c1-16(2,12-27-9-8-26-5)13-11-14(28-23-13)22-15(24)17(3,4)29(25)10-6-7-18(19,20)21/h11H,6-10,12H2,1-5H3,(H,22,24)/t29-/m1/s1. The summed E-state index contributed by atoms with van der Waals surface area (Å²) in [6.07, 6.45) is -5.66. The molecule has 1 amide bonds. The molecule has 1 atom stereocenters. The third-order valence-corrected chi connectivity index (χ3v) is 6.22. The van der Waals surface area contributed by atoms with E-state index in [1.54, 1.807) is 13.2 Å². The van der Waals surface area contributed by atoms with Gasteiger partial charge < -0.3 is 18.5 Å². The SMILES string of the molecule is COCCOCC(C)(C)c1cc(NC(=O)C(C)(C)[S@+]([O-])CCCC(F)(F)F)on1. The number of carbonyl (C=O) groups excluding carboxylic acids is 1. The van der Waals surface area contributed by atoms with Crippen molar-refractivity contribution >= 4 is 23.0 Å². The van der Waals surface area contributed by atoms with Crippen molar-refractivity contribution in [3.63, 3.8) is 0 Å². The lowest BCUT2D eigenvalue weighted by Gasteiger charge is -2.27. The van der Waals surface area contributed by atoms with E-state index in [4.69, 9.17) is 14.0 Å². The molecule has 1 aromatic heterocycles. The molecule has 0 aliphatic carbocycles. The van der Waals surface area contributed by atoms with Crippen molar-refractivity contribution in [2.75, 3.05) is 38.0 Å². The second-order valence-electron chi connectivity index (χ2n) is 7.74. The fourth-order valence-electron chi connectivity index (χ4n) is 2.22. The van der Waals surface area contributed by atoms with E-state index in [1.807, 2.05) is 13.8 Å². The van der Waals surface area contributed by atoms with Crippen LogP contribution in [0.15, 0.2) is 10.6 Å². The highest BCUT2D eigenvalue weighted by Gasteiger charge is 2.41. The highest BCUT2D eigenvalue weighted by Crippen LogP contribution is 2.28. The molecule has 29 heavy (non-hydrogen) atoms. The van der Waals surface area contributed by atoms with Crippen LogP contribution >= 0.6 is 0 Å². The molecule has 1 rings (SSSR count). The molecule has 11 heteroatoms. The molecule has 0 unspecified atom stereocenters. The first-order chi connectivity index (χ1) is 13.3. The minimum atomic E-state index is -4.31. The first-order valence-electron chi connectivity index (χ1n) is 9.10. The summed E-state index contributed by atoms with van der Waals surface area (Å²) in [4.78, 5) is 12.5. The van der Waals surface area contributed by atoms with Crippen molar-refractivity contribution < 1.29 is 36.5 Å². The number of alkyl halides is 3. The second-order valence-corrected chi connectivity index (χ2v) is 9.86. The van der Waals surface area contributed by atoms with Gasteiger partial charge in [-0.05, 0) is 25.0 Å². The van der Waals surface area contributed by atoms with E-state index in [1.165, 1.54) is 13.8 Å². The number of hydrogen-bond acceptors (Lipinski definition) is 6. The number of ether oxygens (including phenoxy) is 2. The molecule has 1 heterocycles. The van der Waals surface area contributed by atoms with E-state index in [-0.39, 0.29) is 18.1 Å². The van der Waals surface area contributed by atoms with Crippen LogP contribution in [0, 0.1) is 0 Å². The Bertz CT molecular complexity index is 650. The number of nitrogens with one attached hydrogen (secondary N) is 1. The topological polar surface area (TPSA) is 96.7 Å². The van der Waals surface area contributed by atoms with E-state index < -0.39 is 39.8 Å². The second kappa shape index (κ2) is 10.6. The maximum atomic E-state index is 12.5. The van der Waals surface area contributed by atoms with Gasteiger partial charge >= 0.3 is 6.18 Å². The molecule has 0 radical (unpaired) electrons. The van der Waals surface area contributed by atoms with E-state index >= 15 is 0 Å². The number of aromatic nitrogens is 1. The van der Waals surface area contributed by atoms with Gasteiger partial charge in [-0.25, -0.2) is 0 Å². The lowest BCUT2D eigenvalue weighted by Crippen LogP contribution is -2.45. The molecule has 0 saturated heterocycles. The highest BCUT2D eigenvalue weighted by molar-refractivity contribution is 7.93. The Balaban J connectivity index is 2.64. The zero-order chi connectivity index (χ0) is 22.3. The normalized spacial score (nSPS) is 14.1. The molecule has 168 valence electrons. The fraction of sp³-hybridized carbons (Fsp3) is 0.778. The number of rotatable bonds is 12. The van der Waals surface area contributed by atoms with Crippen LogP contribution in [-0.2, 0) is 30.9 Å². The van der Waals surface area contributed by atoms with Crippen molar-refractivity contribution in [1.82, 2.24) is 5.16 Å². The minimum absolute atomic E-state index is 0.0651. The van der Waals surface area contributed by atoms with Crippen molar-refractivity contribution in [3.8, 4) is 0 Å². The van der Waals surface area contributed by atoms with Crippen molar-refractivity contribution in [2.24, 2.45) is 0 Å². The maximum absolute atomic E-state index is 12.5. The first kappa shape index (κ1) is 25.7. The Labute approximate surface area is 171 Å². The third kappa shape index (κ3) is 8.53. The van der Waals surface area contributed by atoms with E-state index in [9.17, 15) is 22.5 Å². The van der Waals surface area contributed by atoms with Gasteiger partial charge in [0.25, 0.3) is 5.91 Å². The number of nitrogens with zero attached hydrogens (tertiary/aromatic N) is 1. The maximum Gasteiger partial charge on any atom is 0.389 e. The predicted molar refractivity (Wildman–Crippen MR) is 103 cm³/mol. The quantitative estimate of drug-likeness (QED) is 0.394. The van der Waals surface area contributed by atoms with Crippen LogP contribution in [0.25, 0.3) is 0 Å². The lowest BCUT2D eigenvalue weighted by atomic mass is 9.90. The molecular weight excluding hydrogens is 413 g/mol. The molecule has 0 bridgehead atoms. The van der Waals surface area contributed by atoms with Gasteiger partial charge in [0.1, 0.15) is 5.75 Å². The van der Waals surface area contributed by atoms with Gasteiger partial charge in [0.15, 0.2) is 4.75 Å². The number of hydrogen-bond donors (Lipinski definition) is 1. The number of methoxy groups -OCH3 is 1. The Morgan fingerprint density at radius 3 is 2.52 bits per heavy atom. The molecule has 0 aliphatic rings. The van der Waals surface area contributed by atoms with Crippen molar-refractivity contribution in [1.29, 1.82) is 0 Å². The minimum Gasteiger partial charge on any atom is -0.616 e. The molecule has 0 saturated carbocycles. The summed E-state index contributed by atoms with van der Waals surface area (Å²) >= 11 is -1.79. The Kier molecular flexibility index (Phi) is 9.45. The van der Waals surface area contributed by atoms with E-state index in [2.05, 4.69) is 10.5 Å². The van der Waals surface area contributed by atoms with Crippen LogP contribution in [0.1, 0.15) is 46.2 Å². The van der Waals surface area contributed by atoms with E-state index in [0.717, 1.165) is 0 Å². The van der Waals surface area contributed by atoms with Gasteiger partial charge in [0, 0.05) is 31.4 Å². The molecule has 0 fully saturated rings. The van der Waals surface area contributed by atoms with Crippen LogP contribution in [-0.4, -0.2) is 59.2 Å². The van der Waals surface area contributed by atoms with Crippen LogP contribution in [0.4, 0.5) is 19.1 Å². The Morgan fingerprint density at radius 1 is 1.28 bits per heavy atom. The smallest absolute Gasteiger partial charge is 0.389 e. The molecule has 7 nitrogen and oxygen atoms in total. The molecular formula is C18H29F3N2O5S. The fourth-order valence-corrected chi connectivity index (χ4v) is 3.40. The van der Waals surface area contributed by atoms with Crippen LogP contribution in [0.2, 0.25) is 0 Å². The number of halogens is 3. The molecule has 0 aromatic carbocycles. The van der Waals surface area contributed by atoms with Crippen LogP contribution in [0.3, 0.4) is 0 Å². The zero-order valence-corrected chi connectivity index (χ0v) is 18.2. The average molecular weight is 443 g/mol. The molecule has 0 spiro atoms. The monoisotopic (exact) mass is 442 g/mol. The van der Waals surface area contributed by atoms with Gasteiger partial charge in [-0.2, -0.15) is 13.2 Å². The third-order valence-electron chi connectivity index (χ3n) is 4.24. The summed E-state index contributed by atoms with van der Waals surface area (Å²) in [7, 11) is 1.58. The van der Waals surface area contributed by atoms with Crippen LogP contribution in [0.5, 0.6) is 0 Å². The van der Waals surface area contributed by atoms with Crippen molar-refractivity contribution in [2.45, 2.75) is 56.9 Å². The summed E-state index contributed by atoms with van der Waals surface area (Å²) in [5.74, 6) is -0.789. The van der Waals surface area contributed by atoms with Gasteiger partial charge in [0.2, 0.25) is 5.88 Å². The first-order valence-corrected chi connectivity index (χ1v) is 10.4. The lowest BCUT2D eigenvalue weighted by molar-refractivity contribution is -0.134. The molecule has 0 aliphatic heterocycles. The predicted octanol–water partition coefficient (Wildman–Crippen LogP) is 3.42. The largest absolute Gasteiger partial charge is 0.616 e. The summed E-state index contributed by atoms with van der Waals surface area (Å²) in [6.45, 7) is 7.85. The zero-order valence-electron chi connectivity index (χ0n) is 17.4. The number of anilines is 1. The van der Waals surface area contributed by atoms with Crippen molar-refractivity contribution in [3.05, 3.63) is 11.8 Å². The summed E-state index contributed by atoms with van der Waals surface area (Å²) in [5.41, 5.74) is 0.0604. The van der Waals surface area contributed by atoms with Gasteiger partial charge in [-0.3, -0.25) is 10.1 Å². The van der Waals surface area contributed by atoms with E-state index in [0.29, 0.717) is 25.5 Å². The number of amides is 1. The van der Waals surface area contributed by atoms with Crippen LogP contribution < -0.4 is 5.32 Å². The molecule has 1 N–H and O–H groups in total. The summed E-state index contributed by atoms with van der Waals surface area (Å²) < 4.78 is 63.3. The Morgan fingerprint density at radius 2 is 1.93 bits per heavy atom. The highest BCUT2D eigenvalue weighted by atomic mass is 32.2. The number of carbonyl (C=O) groups is 1. The van der Waals surface area contributed by atoms with Gasteiger partial charge in [0.05, 0.1) is 25.5 Å². The Hall–Kier alpha value is -1.30. The van der Waals surface area contributed by atoms with Gasteiger partial charge in [-0.1, -0.05) is 19.0 Å². The van der Waals surface area contributed by atoms with Gasteiger partial charge in [-0.15, -0.1) is 0 Å². The summed E-state index contributed by atoms with van der Waals surface area (Å²) in [5, 5.41) is 6.44.